The number of fused-ring (bicyclic) bond motifs is 1. The van der Waals surface area contributed by atoms with Gasteiger partial charge in [-0.1, -0.05) is 0 Å². The first-order chi connectivity index (χ1) is 12.2. The van der Waals surface area contributed by atoms with E-state index in [1.807, 2.05) is 53.1 Å². The first kappa shape index (κ1) is 16.5. The van der Waals surface area contributed by atoms with Gasteiger partial charge in [0.25, 0.3) is 0 Å². The fourth-order valence-corrected chi connectivity index (χ4v) is 5.43. The van der Waals surface area contributed by atoms with Crippen LogP contribution in [0.2, 0.25) is 0 Å². The normalized spacial score (nSPS) is 15.0. The van der Waals surface area contributed by atoms with Crippen molar-refractivity contribution in [2.75, 3.05) is 19.6 Å². The molecule has 1 aliphatic heterocycles. The van der Waals surface area contributed by atoms with E-state index in [0.29, 0.717) is 11.1 Å². The van der Waals surface area contributed by atoms with Crippen LogP contribution < -0.4 is 4.43 Å². The van der Waals surface area contributed by atoms with Crippen LogP contribution in [-0.2, 0) is 6.54 Å². The van der Waals surface area contributed by atoms with Crippen LogP contribution in [0.4, 0.5) is 0 Å². The van der Waals surface area contributed by atoms with E-state index in [-0.39, 0.29) is 24.7 Å². The van der Waals surface area contributed by atoms with E-state index in [1.54, 1.807) is 0 Å². The molecule has 0 unspecified atom stereocenters. The third kappa shape index (κ3) is 3.40. The standard InChI is InChI=1S/C20H20N2O2Se/c23-19(15-6-2-1-3-7-15)16-8-9-17-18(14-16)25-20(24)22(17)13-12-21-10-4-5-11-21/h1-3,6-9,14H,4-5,10-13H2. The summed E-state index contributed by atoms with van der Waals surface area (Å²) in [5, 5.41) is 0. The fourth-order valence-electron chi connectivity index (χ4n) is 3.42. The van der Waals surface area contributed by atoms with Gasteiger partial charge in [-0.25, -0.2) is 0 Å². The fraction of sp³-hybridized carbons (Fsp3) is 0.300. The summed E-state index contributed by atoms with van der Waals surface area (Å²) in [6.07, 6.45) is 2.53. The molecule has 2 heterocycles. The monoisotopic (exact) mass is 400 g/mol. The maximum absolute atomic E-state index is 12.6. The van der Waals surface area contributed by atoms with E-state index in [4.69, 9.17) is 0 Å². The molecule has 0 aliphatic carbocycles. The zero-order valence-electron chi connectivity index (χ0n) is 14.0. The van der Waals surface area contributed by atoms with Crippen molar-refractivity contribution >= 4 is 30.1 Å². The molecule has 0 atom stereocenters. The van der Waals surface area contributed by atoms with E-state index in [1.165, 1.54) is 12.8 Å². The Labute approximate surface area is 152 Å². The van der Waals surface area contributed by atoms with E-state index in [0.717, 1.165) is 36.0 Å². The van der Waals surface area contributed by atoms with Crippen LogP contribution in [0, 0.1) is 0 Å². The van der Waals surface area contributed by atoms with E-state index in [9.17, 15) is 9.59 Å². The first-order valence-electron chi connectivity index (χ1n) is 8.68. The Bertz CT molecular complexity index is 953. The predicted molar refractivity (Wildman–Crippen MR) is 101 cm³/mol. The van der Waals surface area contributed by atoms with Crippen LogP contribution >= 0.6 is 0 Å². The number of hydrogen-bond donors (Lipinski definition) is 0. The van der Waals surface area contributed by atoms with E-state index < -0.39 is 0 Å². The second-order valence-electron chi connectivity index (χ2n) is 6.45. The van der Waals surface area contributed by atoms with Gasteiger partial charge in [0, 0.05) is 0 Å². The Hall–Kier alpha value is -1.94. The molecule has 2 aromatic carbocycles. The van der Waals surface area contributed by atoms with Gasteiger partial charge in [0.05, 0.1) is 0 Å². The van der Waals surface area contributed by atoms with Crippen LogP contribution in [0.5, 0.6) is 0 Å². The zero-order valence-corrected chi connectivity index (χ0v) is 15.7. The number of rotatable bonds is 5. The number of aromatic nitrogens is 1. The molecule has 25 heavy (non-hydrogen) atoms. The van der Waals surface area contributed by atoms with Gasteiger partial charge >= 0.3 is 152 Å². The SMILES string of the molecule is O=C(c1ccccc1)c1ccc2c(c1)[se]c(=O)n2CCN1CCCC1. The molecule has 0 N–H and O–H groups in total. The molecule has 128 valence electrons. The Balaban J connectivity index is 1.61. The summed E-state index contributed by atoms with van der Waals surface area (Å²) < 4.78 is 3.14. The first-order valence-corrected chi connectivity index (χ1v) is 10.4. The number of hydrogen-bond acceptors (Lipinski definition) is 3. The van der Waals surface area contributed by atoms with Gasteiger partial charge in [0.1, 0.15) is 0 Å². The zero-order chi connectivity index (χ0) is 17.2. The number of likely N-dealkylation sites (tertiary alicyclic amines) is 1. The van der Waals surface area contributed by atoms with Crippen LogP contribution in [0.25, 0.3) is 9.78 Å². The minimum absolute atomic E-state index is 0.0159. The number of carbonyl (C=O) groups excluding carboxylic acids is 1. The molecule has 0 bridgehead atoms. The minimum atomic E-state index is -0.229. The molecule has 4 rings (SSSR count). The summed E-state index contributed by atoms with van der Waals surface area (Å²) in [6.45, 7) is 3.97. The molecule has 3 aromatic rings. The molecule has 1 aliphatic rings. The number of nitrogens with zero attached hydrogens (tertiary/aromatic N) is 2. The molecule has 1 fully saturated rings. The molecule has 1 aromatic heterocycles. The molecular weight excluding hydrogens is 379 g/mol. The Morgan fingerprint density at radius 3 is 2.48 bits per heavy atom. The molecule has 4 nitrogen and oxygen atoms in total. The van der Waals surface area contributed by atoms with Gasteiger partial charge < -0.3 is 0 Å². The summed E-state index contributed by atoms with van der Waals surface area (Å²) in [5.74, 6) is 0.0159. The molecular formula is C20H20N2O2Se. The van der Waals surface area contributed by atoms with Crippen molar-refractivity contribution < 1.29 is 4.79 Å². The molecule has 0 radical (unpaired) electrons. The van der Waals surface area contributed by atoms with Crippen LogP contribution in [0.3, 0.4) is 0 Å². The maximum atomic E-state index is 12.6. The van der Waals surface area contributed by atoms with E-state index in [2.05, 4.69) is 4.90 Å². The van der Waals surface area contributed by atoms with Crippen molar-refractivity contribution in [1.29, 1.82) is 0 Å². The second-order valence-corrected chi connectivity index (χ2v) is 8.53. The summed E-state index contributed by atoms with van der Waals surface area (Å²) in [4.78, 5) is 27.5. The van der Waals surface area contributed by atoms with Crippen molar-refractivity contribution in [2.24, 2.45) is 0 Å². The number of ketones is 1. The molecule has 0 saturated carbocycles. The van der Waals surface area contributed by atoms with Gasteiger partial charge in [-0.2, -0.15) is 0 Å². The van der Waals surface area contributed by atoms with E-state index >= 15 is 0 Å². The molecule has 1 saturated heterocycles. The van der Waals surface area contributed by atoms with Crippen LogP contribution in [0.1, 0.15) is 28.8 Å². The molecule has 0 amide bonds. The average Bonchev–Trinajstić information content (AvgIpc) is 3.26. The summed E-state index contributed by atoms with van der Waals surface area (Å²) in [5.41, 5.74) is 2.35. The quantitative estimate of drug-likeness (QED) is 0.489. The number of carbonyl (C=O) groups is 1. The third-order valence-corrected chi connectivity index (χ3v) is 6.78. The van der Waals surface area contributed by atoms with Crippen LogP contribution in [0.15, 0.2) is 53.3 Å². The van der Waals surface area contributed by atoms with Gasteiger partial charge in [0.2, 0.25) is 0 Å². The average molecular weight is 399 g/mol. The van der Waals surface area contributed by atoms with Crippen LogP contribution in [-0.4, -0.2) is 49.4 Å². The van der Waals surface area contributed by atoms with Gasteiger partial charge in [0.15, 0.2) is 0 Å². The second kappa shape index (κ2) is 7.12. The van der Waals surface area contributed by atoms with Crippen molar-refractivity contribution in [3.63, 3.8) is 0 Å². The predicted octanol–water partition coefficient (Wildman–Crippen LogP) is 2.39. The van der Waals surface area contributed by atoms with Crippen molar-refractivity contribution in [3.05, 3.63) is 68.9 Å². The Morgan fingerprint density at radius 2 is 1.72 bits per heavy atom. The topological polar surface area (TPSA) is 42.3 Å². The summed E-state index contributed by atoms with van der Waals surface area (Å²) in [6, 6.07) is 15.0. The van der Waals surface area contributed by atoms with Crippen molar-refractivity contribution in [2.45, 2.75) is 19.4 Å². The molecule has 5 heteroatoms. The van der Waals surface area contributed by atoms with Gasteiger partial charge in [-0.15, -0.1) is 0 Å². The Kier molecular flexibility index (Phi) is 4.71. The molecule has 0 spiro atoms. The van der Waals surface area contributed by atoms with Gasteiger partial charge in [-0.3, -0.25) is 0 Å². The Morgan fingerprint density at radius 1 is 0.960 bits per heavy atom. The third-order valence-electron chi connectivity index (χ3n) is 4.80. The number of benzene rings is 2. The summed E-state index contributed by atoms with van der Waals surface area (Å²) >= 11 is -0.229. The summed E-state index contributed by atoms with van der Waals surface area (Å²) in [7, 11) is 0. The van der Waals surface area contributed by atoms with Crippen molar-refractivity contribution in [1.82, 2.24) is 9.47 Å². The van der Waals surface area contributed by atoms with Crippen molar-refractivity contribution in [3.8, 4) is 0 Å². The van der Waals surface area contributed by atoms with Gasteiger partial charge in [-0.05, 0) is 0 Å².